The lowest BCUT2D eigenvalue weighted by atomic mass is 9.94. The monoisotopic (exact) mass is 261 g/mol. The highest BCUT2D eigenvalue weighted by Gasteiger charge is 2.33. The largest absolute Gasteiger partial charge is 0.337 e. The summed E-state index contributed by atoms with van der Waals surface area (Å²) in [7, 11) is 0. The van der Waals surface area contributed by atoms with E-state index in [1.165, 1.54) is 0 Å². The van der Waals surface area contributed by atoms with Crippen LogP contribution in [0.4, 0.5) is 0 Å². The standard InChI is InChI=1S/C15H23N3O/c1-2-18(12-13-7-3-6-10-17-13)14(19)11-15(16)8-4-5-9-15/h3,6-7,10H,2,4-5,8-9,11-12,16H2,1H3. The van der Waals surface area contributed by atoms with Gasteiger partial charge in [0.15, 0.2) is 0 Å². The van der Waals surface area contributed by atoms with E-state index in [0.717, 1.165) is 31.4 Å². The summed E-state index contributed by atoms with van der Waals surface area (Å²) in [4.78, 5) is 18.5. The maximum Gasteiger partial charge on any atom is 0.224 e. The van der Waals surface area contributed by atoms with Crippen molar-refractivity contribution < 1.29 is 4.79 Å². The quantitative estimate of drug-likeness (QED) is 0.883. The van der Waals surface area contributed by atoms with Crippen LogP contribution in [0.15, 0.2) is 24.4 Å². The van der Waals surface area contributed by atoms with Crippen LogP contribution in [0.1, 0.15) is 44.7 Å². The normalized spacial score (nSPS) is 17.4. The lowest BCUT2D eigenvalue weighted by molar-refractivity contribution is -0.132. The van der Waals surface area contributed by atoms with Gasteiger partial charge in [-0.15, -0.1) is 0 Å². The van der Waals surface area contributed by atoms with Gasteiger partial charge in [-0.1, -0.05) is 18.9 Å². The molecule has 0 spiro atoms. The lowest BCUT2D eigenvalue weighted by Crippen LogP contribution is -2.43. The zero-order valence-electron chi connectivity index (χ0n) is 11.6. The van der Waals surface area contributed by atoms with Crippen LogP contribution in [0.3, 0.4) is 0 Å². The van der Waals surface area contributed by atoms with Crippen molar-refractivity contribution in [1.29, 1.82) is 0 Å². The van der Waals surface area contributed by atoms with Crippen molar-refractivity contribution in [2.75, 3.05) is 6.54 Å². The molecule has 1 heterocycles. The van der Waals surface area contributed by atoms with E-state index in [-0.39, 0.29) is 11.4 Å². The smallest absolute Gasteiger partial charge is 0.224 e. The predicted molar refractivity (Wildman–Crippen MR) is 75.3 cm³/mol. The lowest BCUT2D eigenvalue weighted by Gasteiger charge is -2.27. The minimum Gasteiger partial charge on any atom is -0.337 e. The first-order valence-electron chi connectivity index (χ1n) is 7.09. The van der Waals surface area contributed by atoms with E-state index in [1.807, 2.05) is 30.0 Å². The van der Waals surface area contributed by atoms with E-state index in [0.29, 0.717) is 19.5 Å². The number of nitrogens with zero attached hydrogens (tertiary/aromatic N) is 2. The van der Waals surface area contributed by atoms with E-state index in [1.54, 1.807) is 6.20 Å². The van der Waals surface area contributed by atoms with Gasteiger partial charge in [0.2, 0.25) is 5.91 Å². The Hall–Kier alpha value is -1.42. The number of rotatable bonds is 5. The molecule has 4 nitrogen and oxygen atoms in total. The Labute approximate surface area is 115 Å². The van der Waals surface area contributed by atoms with Crippen molar-refractivity contribution in [2.24, 2.45) is 5.73 Å². The Morgan fingerprint density at radius 2 is 2.16 bits per heavy atom. The van der Waals surface area contributed by atoms with Gasteiger partial charge >= 0.3 is 0 Å². The average Bonchev–Trinajstić information content (AvgIpc) is 2.83. The van der Waals surface area contributed by atoms with Crippen molar-refractivity contribution in [1.82, 2.24) is 9.88 Å². The van der Waals surface area contributed by atoms with E-state index in [4.69, 9.17) is 5.73 Å². The number of nitrogens with two attached hydrogens (primary N) is 1. The highest BCUT2D eigenvalue weighted by molar-refractivity contribution is 5.77. The third kappa shape index (κ3) is 3.77. The number of hydrogen-bond acceptors (Lipinski definition) is 3. The molecule has 1 aliphatic rings. The van der Waals surface area contributed by atoms with Gasteiger partial charge in [0.1, 0.15) is 0 Å². The van der Waals surface area contributed by atoms with Crippen LogP contribution in [0.2, 0.25) is 0 Å². The van der Waals surface area contributed by atoms with Crippen molar-refractivity contribution in [3.8, 4) is 0 Å². The molecule has 1 aromatic rings. The molecule has 1 amide bonds. The molecule has 2 N–H and O–H groups in total. The van der Waals surface area contributed by atoms with Crippen LogP contribution >= 0.6 is 0 Å². The summed E-state index contributed by atoms with van der Waals surface area (Å²) >= 11 is 0. The van der Waals surface area contributed by atoms with Crippen LogP contribution < -0.4 is 5.73 Å². The Kier molecular flexibility index (Phi) is 4.53. The summed E-state index contributed by atoms with van der Waals surface area (Å²) in [5.41, 5.74) is 6.94. The van der Waals surface area contributed by atoms with Gasteiger partial charge in [0.05, 0.1) is 12.2 Å². The van der Waals surface area contributed by atoms with Crippen molar-refractivity contribution in [2.45, 2.75) is 51.1 Å². The van der Waals surface area contributed by atoms with Crippen LogP contribution in [-0.4, -0.2) is 27.9 Å². The number of pyridine rings is 1. The summed E-state index contributed by atoms with van der Waals surface area (Å²) < 4.78 is 0. The molecule has 1 saturated carbocycles. The second-order valence-electron chi connectivity index (χ2n) is 5.48. The second-order valence-corrected chi connectivity index (χ2v) is 5.48. The fraction of sp³-hybridized carbons (Fsp3) is 0.600. The molecule has 0 saturated heterocycles. The highest BCUT2D eigenvalue weighted by atomic mass is 16.2. The van der Waals surface area contributed by atoms with E-state index in [2.05, 4.69) is 4.98 Å². The molecule has 0 radical (unpaired) electrons. The first kappa shape index (κ1) is 14.0. The molecular weight excluding hydrogens is 238 g/mol. The van der Waals surface area contributed by atoms with Crippen molar-refractivity contribution in [3.05, 3.63) is 30.1 Å². The van der Waals surface area contributed by atoms with Gasteiger partial charge in [-0.3, -0.25) is 9.78 Å². The molecule has 0 unspecified atom stereocenters. The molecule has 19 heavy (non-hydrogen) atoms. The number of carbonyl (C=O) groups excluding carboxylic acids is 1. The summed E-state index contributed by atoms with van der Waals surface area (Å²) in [6.45, 7) is 3.27. The Morgan fingerprint density at radius 3 is 2.74 bits per heavy atom. The van der Waals surface area contributed by atoms with Crippen LogP contribution in [0.5, 0.6) is 0 Å². The van der Waals surface area contributed by atoms with Gasteiger partial charge in [0.25, 0.3) is 0 Å². The summed E-state index contributed by atoms with van der Waals surface area (Å²) in [6, 6.07) is 5.78. The fourth-order valence-corrected chi connectivity index (χ4v) is 2.73. The summed E-state index contributed by atoms with van der Waals surface area (Å²) in [6.07, 6.45) is 6.47. The Balaban J connectivity index is 1.95. The third-order valence-corrected chi connectivity index (χ3v) is 3.92. The third-order valence-electron chi connectivity index (χ3n) is 3.92. The minimum atomic E-state index is -0.269. The highest BCUT2D eigenvalue weighted by Crippen LogP contribution is 2.30. The molecule has 104 valence electrons. The fourth-order valence-electron chi connectivity index (χ4n) is 2.73. The molecular formula is C15H23N3O. The minimum absolute atomic E-state index is 0.151. The van der Waals surface area contributed by atoms with Crippen LogP contribution in [0, 0.1) is 0 Å². The molecule has 4 heteroatoms. The van der Waals surface area contributed by atoms with Crippen LogP contribution in [-0.2, 0) is 11.3 Å². The number of carbonyl (C=O) groups is 1. The molecule has 0 atom stereocenters. The van der Waals surface area contributed by atoms with Crippen molar-refractivity contribution >= 4 is 5.91 Å². The number of hydrogen-bond donors (Lipinski definition) is 1. The molecule has 1 aliphatic carbocycles. The molecule has 0 bridgehead atoms. The summed E-state index contributed by atoms with van der Waals surface area (Å²) in [5, 5.41) is 0. The van der Waals surface area contributed by atoms with Gasteiger partial charge in [-0.25, -0.2) is 0 Å². The van der Waals surface area contributed by atoms with Gasteiger partial charge < -0.3 is 10.6 Å². The van der Waals surface area contributed by atoms with Gasteiger partial charge in [-0.05, 0) is 31.9 Å². The number of amides is 1. The van der Waals surface area contributed by atoms with E-state index < -0.39 is 0 Å². The topological polar surface area (TPSA) is 59.2 Å². The van der Waals surface area contributed by atoms with Gasteiger partial charge in [-0.2, -0.15) is 0 Å². The maximum atomic E-state index is 12.4. The molecule has 0 aliphatic heterocycles. The summed E-state index contributed by atoms with van der Waals surface area (Å²) in [5.74, 6) is 0.151. The predicted octanol–water partition coefficient (Wildman–Crippen LogP) is 2.09. The van der Waals surface area contributed by atoms with Gasteiger partial charge in [0, 0.05) is 24.7 Å². The Bertz CT molecular complexity index is 413. The van der Waals surface area contributed by atoms with E-state index in [9.17, 15) is 4.79 Å². The average molecular weight is 261 g/mol. The zero-order chi connectivity index (χ0) is 13.7. The first-order chi connectivity index (χ1) is 9.13. The maximum absolute atomic E-state index is 12.4. The first-order valence-corrected chi connectivity index (χ1v) is 7.09. The van der Waals surface area contributed by atoms with E-state index >= 15 is 0 Å². The second kappa shape index (κ2) is 6.15. The number of aromatic nitrogens is 1. The molecule has 1 aromatic heterocycles. The molecule has 0 aromatic carbocycles. The molecule has 1 fully saturated rings. The SMILES string of the molecule is CCN(Cc1ccccn1)C(=O)CC1(N)CCCC1. The Morgan fingerprint density at radius 1 is 1.42 bits per heavy atom. The molecule has 2 rings (SSSR count). The van der Waals surface area contributed by atoms with Crippen LogP contribution in [0.25, 0.3) is 0 Å². The zero-order valence-corrected chi connectivity index (χ0v) is 11.6. The van der Waals surface area contributed by atoms with Crippen molar-refractivity contribution in [3.63, 3.8) is 0 Å².